The van der Waals surface area contributed by atoms with Crippen molar-refractivity contribution in [1.29, 1.82) is 5.26 Å². The van der Waals surface area contributed by atoms with E-state index in [4.69, 9.17) is 21.2 Å². The average molecular weight is 451 g/mol. The third-order valence-electron chi connectivity index (χ3n) is 3.24. The Hall–Kier alpha value is -2.02. The van der Waals surface area contributed by atoms with Crippen LogP contribution in [-0.2, 0) is 22.5 Å². The monoisotopic (exact) mass is 449 g/mol. The smallest absolute Gasteiger partial charge is 0.367 e. The fraction of sp³-hybridized carbons (Fsp3) is 0.250. The topological polar surface area (TPSA) is 59.5 Å². The molecule has 0 aliphatic carbocycles. The molecule has 5 nitrogen and oxygen atoms in total. The minimum atomic E-state index is -4.71. The highest BCUT2D eigenvalue weighted by atomic mass is 79.9. The van der Waals surface area contributed by atoms with Gasteiger partial charge in [-0.25, -0.2) is 0 Å². The number of aromatic nitrogens is 1. The molecule has 1 heterocycles. The van der Waals surface area contributed by atoms with Crippen molar-refractivity contribution in [1.82, 2.24) is 4.57 Å². The maximum atomic E-state index is 13.6. The van der Waals surface area contributed by atoms with Crippen LogP contribution in [0.4, 0.5) is 13.2 Å². The molecular formula is C16H12BrClF3N3O2. The Morgan fingerprint density at radius 2 is 2.00 bits per heavy atom. The summed E-state index contributed by atoms with van der Waals surface area (Å²) in [5, 5.41) is 13.3. The van der Waals surface area contributed by atoms with Gasteiger partial charge in [-0.3, -0.25) is 0 Å². The second-order valence-electron chi connectivity index (χ2n) is 4.87. The van der Waals surface area contributed by atoms with E-state index in [1.807, 2.05) is 6.07 Å². The molecule has 10 heteroatoms. The van der Waals surface area contributed by atoms with E-state index >= 15 is 0 Å². The van der Waals surface area contributed by atoms with E-state index in [9.17, 15) is 18.4 Å². The summed E-state index contributed by atoms with van der Waals surface area (Å²) < 4.78 is 46.3. The van der Waals surface area contributed by atoms with Gasteiger partial charge in [-0.05, 0) is 40.5 Å². The molecule has 1 aromatic heterocycles. The molecule has 0 amide bonds. The maximum Gasteiger partial charge on any atom is 0.432 e. The molecule has 138 valence electrons. The number of nitriles is 1. The number of benzene rings is 1. The summed E-state index contributed by atoms with van der Waals surface area (Å²) in [6.45, 7) is 0.772. The van der Waals surface area contributed by atoms with E-state index in [1.165, 1.54) is 30.5 Å². The highest BCUT2D eigenvalue weighted by molar-refractivity contribution is 9.10. The van der Waals surface area contributed by atoms with Crippen LogP contribution in [0.15, 0.2) is 33.9 Å². The second kappa shape index (κ2) is 8.58. The molecule has 0 radical (unpaired) electrons. The fourth-order valence-corrected chi connectivity index (χ4v) is 3.12. The minimum Gasteiger partial charge on any atom is -0.367 e. The fourth-order valence-electron chi connectivity index (χ4n) is 2.27. The largest absolute Gasteiger partial charge is 0.432 e. The SMILES string of the molecule is CC=NOCOCn1c(-c2ccc(Cl)cc2)c(C#N)c(Br)c1C(F)(F)F. The van der Waals surface area contributed by atoms with Crippen molar-refractivity contribution < 1.29 is 22.7 Å². The summed E-state index contributed by atoms with van der Waals surface area (Å²) in [7, 11) is 0. The van der Waals surface area contributed by atoms with Gasteiger partial charge in [0, 0.05) is 11.2 Å². The summed E-state index contributed by atoms with van der Waals surface area (Å²) in [6, 6.07) is 7.91. The van der Waals surface area contributed by atoms with Gasteiger partial charge in [0.15, 0.2) is 0 Å². The molecule has 26 heavy (non-hydrogen) atoms. The lowest BCUT2D eigenvalue weighted by molar-refractivity contribution is -0.149. The standard InChI is InChI=1S/C16H12BrClF3N3O2/c1-2-23-26-9-25-8-24-14(10-3-5-11(18)6-4-10)12(7-22)13(17)15(24)16(19,20)21/h2-6H,8-9H2,1H3. The molecule has 0 unspecified atom stereocenters. The molecule has 0 aliphatic rings. The van der Waals surface area contributed by atoms with Gasteiger partial charge in [-0.15, -0.1) is 0 Å². The molecule has 0 spiro atoms. The van der Waals surface area contributed by atoms with Gasteiger partial charge in [-0.1, -0.05) is 28.9 Å². The van der Waals surface area contributed by atoms with Crippen molar-refractivity contribution in [3.63, 3.8) is 0 Å². The summed E-state index contributed by atoms with van der Waals surface area (Å²) in [4.78, 5) is 4.71. The minimum absolute atomic E-state index is 0.0577. The summed E-state index contributed by atoms with van der Waals surface area (Å²) >= 11 is 8.73. The first kappa shape index (κ1) is 20.3. The average Bonchev–Trinajstić information content (AvgIpc) is 2.87. The Kier molecular flexibility index (Phi) is 6.69. The third kappa shape index (κ3) is 4.38. The van der Waals surface area contributed by atoms with E-state index < -0.39 is 18.6 Å². The molecule has 1 aromatic carbocycles. The lowest BCUT2D eigenvalue weighted by Gasteiger charge is -2.15. The van der Waals surface area contributed by atoms with Crippen molar-refractivity contribution in [3.8, 4) is 17.3 Å². The van der Waals surface area contributed by atoms with Crippen LogP contribution in [0.3, 0.4) is 0 Å². The molecule has 0 fully saturated rings. The lowest BCUT2D eigenvalue weighted by atomic mass is 10.1. The van der Waals surface area contributed by atoms with Crippen LogP contribution in [-0.4, -0.2) is 17.6 Å². The van der Waals surface area contributed by atoms with E-state index in [0.29, 0.717) is 10.6 Å². The van der Waals surface area contributed by atoms with Crippen molar-refractivity contribution >= 4 is 33.7 Å². The first-order chi connectivity index (χ1) is 12.3. The van der Waals surface area contributed by atoms with Crippen LogP contribution < -0.4 is 0 Å². The molecule has 0 aliphatic heterocycles. The lowest BCUT2D eigenvalue weighted by Crippen LogP contribution is -2.17. The van der Waals surface area contributed by atoms with Crippen molar-refractivity contribution in [2.24, 2.45) is 5.16 Å². The molecule has 2 aromatic rings. The Morgan fingerprint density at radius 3 is 2.54 bits per heavy atom. The summed E-state index contributed by atoms with van der Waals surface area (Å²) in [5.74, 6) is 0. The Labute approximate surface area is 160 Å². The number of hydrogen-bond acceptors (Lipinski definition) is 4. The number of hydrogen-bond donors (Lipinski definition) is 0. The highest BCUT2D eigenvalue weighted by Crippen LogP contribution is 2.43. The van der Waals surface area contributed by atoms with Crippen LogP contribution in [0.1, 0.15) is 18.2 Å². The zero-order valence-corrected chi connectivity index (χ0v) is 15.7. The van der Waals surface area contributed by atoms with Gasteiger partial charge in [0.25, 0.3) is 0 Å². The van der Waals surface area contributed by atoms with Gasteiger partial charge in [0.2, 0.25) is 6.79 Å². The first-order valence-electron chi connectivity index (χ1n) is 7.14. The maximum absolute atomic E-state index is 13.6. The zero-order valence-electron chi connectivity index (χ0n) is 13.3. The first-order valence-corrected chi connectivity index (χ1v) is 8.31. The van der Waals surface area contributed by atoms with Crippen molar-refractivity contribution in [2.75, 3.05) is 6.79 Å². The molecule has 0 atom stereocenters. The van der Waals surface area contributed by atoms with Gasteiger partial charge in [-0.2, -0.15) is 18.4 Å². The molecule has 0 bridgehead atoms. The van der Waals surface area contributed by atoms with Crippen LogP contribution >= 0.6 is 27.5 Å². The van der Waals surface area contributed by atoms with E-state index in [0.717, 1.165) is 4.57 Å². The van der Waals surface area contributed by atoms with Crippen LogP contribution in [0, 0.1) is 11.3 Å². The predicted octanol–water partition coefficient (Wildman–Crippen LogP) is 5.42. The second-order valence-corrected chi connectivity index (χ2v) is 6.10. The number of rotatable bonds is 6. The van der Waals surface area contributed by atoms with Crippen molar-refractivity contribution in [2.45, 2.75) is 19.8 Å². The summed E-state index contributed by atoms with van der Waals surface area (Å²) in [6.07, 6.45) is -3.34. The molecule has 0 saturated heterocycles. The van der Waals surface area contributed by atoms with Gasteiger partial charge >= 0.3 is 6.18 Å². The van der Waals surface area contributed by atoms with E-state index in [1.54, 1.807) is 6.92 Å². The highest BCUT2D eigenvalue weighted by Gasteiger charge is 2.40. The van der Waals surface area contributed by atoms with Crippen LogP contribution in [0.25, 0.3) is 11.3 Å². The number of nitrogens with zero attached hydrogens (tertiary/aromatic N) is 3. The van der Waals surface area contributed by atoms with Crippen LogP contribution in [0.2, 0.25) is 5.02 Å². The number of halogens is 5. The number of alkyl halides is 3. The number of ether oxygens (including phenoxy) is 1. The summed E-state index contributed by atoms with van der Waals surface area (Å²) in [5.41, 5.74) is -0.741. The zero-order chi connectivity index (χ0) is 19.3. The van der Waals surface area contributed by atoms with Crippen LogP contribution in [0.5, 0.6) is 0 Å². The molecule has 2 rings (SSSR count). The normalized spacial score (nSPS) is 11.7. The van der Waals surface area contributed by atoms with E-state index in [-0.39, 0.29) is 22.5 Å². The van der Waals surface area contributed by atoms with E-state index in [2.05, 4.69) is 21.1 Å². The van der Waals surface area contributed by atoms with Gasteiger partial charge in [0.05, 0.1) is 15.7 Å². The number of oxime groups is 1. The Balaban J connectivity index is 2.56. The Bertz CT molecular complexity index is 842. The molecular weight excluding hydrogens is 439 g/mol. The quantitative estimate of drug-likeness (QED) is 0.256. The molecule has 0 saturated carbocycles. The van der Waals surface area contributed by atoms with Gasteiger partial charge in [0.1, 0.15) is 18.5 Å². The predicted molar refractivity (Wildman–Crippen MR) is 93.5 cm³/mol. The van der Waals surface area contributed by atoms with Gasteiger partial charge < -0.3 is 14.1 Å². The Morgan fingerprint density at radius 1 is 1.35 bits per heavy atom. The molecule has 0 N–H and O–H groups in total. The van der Waals surface area contributed by atoms with Crippen molar-refractivity contribution in [3.05, 3.63) is 45.0 Å². The third-order valence-corrected chi connectivity index (χ3v) is 4.26.